The fourth-order valence-corrected chi connectivity index (χ4v) is 3.33. The third-order valence-corrected chi connectivity index (χ3v) is 4.68. The second-order valence-corrected chi connectivity index (χ2v) is 6.70. The summed E-state index contributed by atoms with van der Waals surface area (Å²) in [6, 6.07) is 16.0. The molecule has 0 aliphatic rings. The maximum Gasteiger partial charge on any atom is 0.264 e. The molecule has 0 atom stereocenters. The lowest BCUT2D eigenvalue weighted by atomic mass is 10.2. The fraction of sp³-hybridized carbons (Fsp3) is 0.190. The van der Waals surface area contributed by atoms with Crippen molar-refractivity contribution in [1.29, 1.82) is 0 Å². The van der Waals surface area contributed by atoms with Crippen LogP contribution in [0.3, 0.4) is 0 Å². The lowest BCUT2D eigenvalue weighted by Gasteiger charge is -2.16. The van der Waals surface area contributed by atoms with Crippen LogP contribution in [-0.2, 0) is 13.5 Å². The highest BCUT2D eigenvalue weighted by molar-refractivity contribution is 5.92. The third-order valence-electron chi connectivity index (χ3n) is 4.68. The highest BCUT2D eigenvalue weighted by atomic mass is 16.1. The Morgan fingerprint density at radius 1 is 1.04 bits per heavy atom. The molecule has 0 fully saturated rings. The van der Waals surface area contributed by atoms with Crippen LogP contribution in [0.4, 0.5) is 5.69 Å². The van der Waals surface area contributed by atoms with E-state index in [0.29, 0.717) is 17.6 Å². The van der Waals surface area contributed by atoms with E-state index in [2.05, 4.69) is 34.5 Å². The number of aromatic nitrogens is 4. The zero-order valence-corrected chi connectivity index (χ0v) is 15.6. The van der Waals surface area contributed by atoms with E-state index in [9.17, 15) is 4.79 Å². The summed E-state index contributed by atoms with van der Waals surface area (Å²) in [5.74, 6) is 1.35. The van der Waals surface area contributed by atoms with Crippen LogP contribution >= 0.6 is 0 Å². The second-order valence-electron chi connectivity index (χ2n) is 6.70. The summed E-state index contributed by atoms with van der Waals surface area (Å²) < 4.78 is 3.53. The van der Waals surface area contributed by atoms with E-state index in [1.807, 2.05) is 59.8 Å². The Labute approximate surface area is 157 Å². The van der Waals surface area contributed by atoms with E-state index in [1.54, 1.807) is 11.6 Å². The fourth-order valence-electron chi connectivity index (χ4n) is 3.33. The van der Waals surface area contributed by atoms with Crippen LogP contribution in [0.2, 0.25) is 0 Å². The van der Waals surface area contributed by atoms with Gasteiger partial charge in [0.15, 0.2) is 0 Å². The quantitative estimate of drug-likeness (QED) is 0.562. The van der Waals surface area contributed by atoms with Gasteiger partial charge in [0.2, 0.25) is 5.78 Å². The molecule has 0 unspecified atom stereocenters. The van der Waals surface area contributed by atoms with Gasteiger partial charge in [-0.2, -0.15) is 0 Å². The number of allylic oxidation sites excluding steroid dienone is 1. The van der Waals surface area contributed by atoms with Crippen molar-refractivity contribution >= 4 is 28.4 Å². The molecule has 0 radical (unpaired) electrons. The Bertz CT molecular complexity index is 1200. The average Bonchev–Trinajstić information content (AvgIpc) is 3.10. The Kier molecular flexibility index (Phi) is 4.24. The molecule has 0 bridgehead atoms. The van der Waals surface area contributed by atoms with Gasteiger partial charge in [-0.05, 0) is 17.7 Å². The first-order valence-electron chi connectivity index (χ1n) is 8.82. The van der Waals surface area contributed by atoms with E-state index in [1.165, 1.54) is 0 Å². The van der Waals surface area contributed by atoms with Gasteiger partial charge in [0.05, 0.1) is 16.6 Å². The Morgan fingerprint density at radius 2 is 1.81 bits per heavy atom. The van der Waals surface area contributed by atoms with Gasteiger partial charge < -0.3 is 4.90 Å². The van der Waals surface area contributed by atoms with Gasteiger partial charge in [0.25, 0.3) is 5.56 Å². The van der Waals surface area contributed by atoms with Gasteiger partial charge in [-0.15, -0.1) is 10.2 Å². The number of benzene rings is 2. The number of hydrogen-bond acceptors (Lipinski definition) is 4. The minimum absolute atomic E-state index is 0.0689. The number of anilines is 1. The molecule has 0 saturated carbocycles. The number of nitrogens with zero attached hydrogens (tertiary/aromatic N) is 5. The van der Waals surface area contributed by atoms with Crippen LogP contribution in [-0.4, -0.2) is 33.3 Å². The Morgan fingerprint density at radius 3 is 2.56 bits per heavy atom. The first kappa shape index (κ1) is 17.0. The van der Waals surface area contributed by atoms with Crippen molar-refractivity contribution in [2.75, 3.05) is 19.0 Å². The van der Waals surface area contributed by atoms with Crippen molar-refractivity contribution in [3.05, 3.63) is 76.3 Å². The monoisotopic (exact) mass is 359 g/mol. The topological polar surface area (TPSA) is 55.4 Å². The van der Waals surface area contributed by atoms with Crippen LogP contribution in [0.5, 0.6) is 0 Å². The summed E-state index contributed by atoms with van der Waals surface area (Å²) in [6.45, 7) is 0. The van der Waals surface area contributed by atoms with Gasteiger partial charge >= 0.3 is 0 Å². The largest absolute Gasteiger partial charge is 0.377 e. The van der Waals surface area contributed by atoms with Gasteiger partial charge in [0.1, 0.15) is 5.82 Å². The predicted molar refractivity (Wildman–Crippen MR) is 109 cm³/mol. The molecule has 0 aliphatic heterocycles. The molecule has 4 rings (SSSR count). The summed E-state index contributed by atoms with van der Waals surface area (Å²) >= 11 is 0. The molecule has 4 aromatic rings. The molecule has 0 spiro atoms. The van der Waals surface area contributed by atoms with E-state index in [-0.39, 0.29) is 5.56 Å². The standard InChI is InChI=1S/C21H21N5O/c1-24(2)16-12-8-13-17-19(16)20(27)25(3)21-23-22-18(26(17)21)14-7-11-15-9-5-4-6-10-15/h4-13H,14H2,1-3H3. The molecule has 0 saturated heterocycles. The lowest BCUT2D eigenvalue weighted by molar-refractivity contribution is 0.856. The van der Waals surface area contributed by atoms with Crippen LogP contribution in [0.15, 0.2) is 59.4 Å². The summed E-state index contributed by atoms with van der Waals surface area (Å²) in [4.78, 5) is 14.9. The molecule has 2 aromatic heterocycles. The van der Waals surface area contributed by atoms with Gasteiger partial charge in [-0.25, -0.2) is 0 Å². The summed E-state index contributed by atoms with van der Waals surface area (Å²) in [6.07, 6.45) is 4.75. The van der Waals surface area contributed by atoms with E-state index >= 15 is 0 Å². The number of aryl methyl sites for hydroxylation is 1. The molecular weight excluding hydrogens is 338 g/mol. The van der Waals surface area contributed by atoms with Gasteiger partial charge in [-0.3, -0.25) is 13.8 Å². The second kappa shape index (κ2) is 6.72. The molecule has 6 nitrogen and oxygen atoms in total. The number of fused-ring (bicyclic) bond motifs is 3. The average molecular weight is 359 g/mol. The molecule has 27 heavy (non-hydrogen) atoms. The van der Waals surface area contributed by atoms with E-state index in [0.717, 1.165) is 22.6 Å². The molecular formula is C21H21N5O. The number of rotatable bonds is 4. The first-order chi connectivity index (χ1) is 13.1. The first-order valence-corrected chi connectivity index (χ1v) is 8.82. The lowest BCUT2D eigenvalue weighted by Crippen LogP contribution is -2.23. The van der Waals surface area contributed by atoms with Crippen molar-refractivity contribution in [2.24, 2.45) is 7.05 Å². The van der Waals surface area contributed by atoms with Crippen LogP contribution in [0, 0.1) is 0 Å². The highest BCUT2D eigenvalue weighted by Gasteiger charge is 2.17. The van der Waals surface area contributed by atoms with Crippen molar-refractivity contribution in [3.8, 4) is 0 Å². The van der Waals surface area contributed by atoms with Crippen LogP contribution in [0.25, 0.3) is 22.8 Å². The number of hydrogen-bond donors (Lipinski definition) is 0. The maximum atomic E-state index is 12.9. The Hall–Kier alpha value is -3.41. The van der Waals surface area contributed by atoms with Gasteiger partial charge in [0, 0.05) is 27.6 Å². The predicted octanol–water partition coefficient (Wildman–Crippen LogP) is 2.90. The zero-order valence-electron chi connectivity index (χ0n) is 15.6. The normalized spacial score (nSPS) is 11.7. The summed E-state index contributed by atoms with van der Waals surface area (Å²) in [5, 5.41) is 9.27. The molecule has 0 aliphatic carbocycles. The SMILES string of the molecule is CN(C)c1cccc2c1c(=O)n(C)c1nnc(CC=Cc3ccccc3)n21. The molecule has 136 valence electrons. The van der Waals surface area contributed by atoms with Crippen molar-refractivity contribution in [3.63, 3.8) is 0 Å². The van der Waals surface area contributed by atoms with Gasteiger partial charge in [-0.1, -0.05) is 48.6 Å². The minimum Gasteiger partial charge on any atom is -0.377 e. The smallest absolute Gasteiger partial charge is 0.264 e. The zero-order chi connectivity index (χ0) is 19.0. The Balaban J connectivity index is 1.88. The van der Waals surface area contributed by atoms with Crippen LogP contribution < -0.4 is 10.5 Å². The highest BCUT2D eigenvalue weighted by Crippen LogP contribution is 2.24. The molecule has 0 N–H and O–H groups in total. The maximum absolute atomic E-state index is 12.9. The molecule has 0 amide bonds. The summed E-state index contributed by atoms with van der Waals surface area (Å²) in [7, 11) is 5.62. The van der Waals surface area contributed by atoms with Crippen molar-refractivity contribution < 1.29 is 0 Å². The third kappa shape index (κ3) is 2.89. The van der Waals surface area contributed by atoms with Crippen LogP contribution in [0.1, 0.15) is 11.4 Å². The summed E-state index contributed by atoms with van der Waals surface area (Å²) in [5.41, 5.74) is 2.78. The molecule has 2 aromatic carbocycles. The molecule has 6 heteroatoms. The molecule has 2 heterocycles. The minimum atomic E-state index is -0.0689. The van der Waals surface area contributed by atoms with E-state index < -0.39 is 0 Å². The van der Waals surface area contributed by atoms with Crippen molar-refractivity contribution in [2.45, 2.75) is 6.42 Å². The van der Waals surface area contributed by atoms with E-state index in [4.69, 9.17) is 0 Å². The van der Waals surface area contributed by atoms with Crippen molar-refractivity contribution in [1.82, 2.24) is 19.2 Å².